The molecule has 1 aromatic rings. The second kappa shape index (κ2) is 5.66. The molecule has 0 saturated heterocycles. The maximum atomic E-state index is 3.73. The number of hydrogen-bond donors (Lipinski definition) is 1. The van der Waals surface area contributed by atoms with Gasteiger partial charge in [-0.05, 0) is 55.6 Å². The van der Waals surface area contributed by atoms with Gasteiger partial charge in [0.05, 0.1) is 0 Å². The van der Waals surface area contributed by atoms with Gasteiger partial charge in [0.1, 0.15) is 0 Å². The fourth-order valence-corrected chi connectivity index (χ4v) is 2.56. The predicted molar refractivity (Wildman–Crippen MR) is 83.6 cm³/mol. The average molecular weight is 259 g/mol. The third-order valence-corrected chi connectivity index (χ3v) is 4.86. The lowest BCUT2D eigenvalue weighted by atomic mass is 9.73. The van der Waals surface area contributed by atoms with Crippen LogP contribution in [0.1, 0.15) is 50.3 Å². The number of nitrogens with one attached hydrogen (secondary N) is 1. The lowest BCUT2D eigenvalue weighted by Gasteiger charge is -2.35. The summed E-state index contributed by atoms with van der Waals surface area (Å²) in [6.45, 7) is 12.7. The van der Waals surface area contributed by atoms with Crippen molar-refractivity contribution < 1.29 is 0 Å². The maximum Gasteiger partial charge on any atom is 0.00684 e. The van der Waals surface area contributed by atoms with Crippen molar-refractivity contribution >= 4 is 0 Å². The summed E-state index contributed by atoms with van der Waals surface area (Å²) < 4.78 is 0. The summed E-state index contributed by atoms with van der Waals surface area (Å²) in [4.78, 5) is 0. The van der Waals surface area contributed by atoms with E-state index in [2.05, 4.69) is 58.1 Å². The van der Waals surface area contributed by atoms with Gasteiger partial charge in [0, 0.05) is 12.6 Å². The summed E-state index contributed by atoms with van der Waals surface area (Å²) in [5, 5.41) is 3.73. The van der Waals surface area contributed by atoms with Gasteiger partial charge < -0.3 is 5.32 Å². The lowest BCUT2D eigenvalue weighted by Crippen LogP contribution is -2.39. The first-order valence-electron chi connectivity index (χ1n) is 7.70. The minimum atomic E-state index is 0.348. The van der Waals surface area contributed by atoms with Crippen LogP contribution in [0.2, 0.25) is 0 Å². The molecule has 0 aromatic heterocycles. The molecule has 0 bridgehead atoms. The van der Waals surface area contributed by atoms with Crippen LogP contribution >= 0.6 is 0 Å². The van der Waals surface area contributed by atoms with Crippen molar-refractivity contribution in [2.24, 2.45) is 11.3 Å². The van der Waals surface area contributed by atoms with E-state index in [4.69, 9.17) is 0 Å². The van der Waals surface area contributed by atoms with Gasteiger partial charge in [-0.2, -0.15) is 0 Å². The molecule has 1 aromatic carbocycles. The number of aryl methyl sites for hydroxylation is 2. The van der Waals surface area contributed by atoms with E-state index in [0.29, 0.717) is 11.3 Å². The first-order chi connectivity index (χ1) is 8.90. The molecule has 0 spiro atoms. The monoisotopic (exact) mass is 259 g/mol. The number of hydrogen-bond acceptors (Lipinski definition) is 1. The third kappa shape index (κ3) is 3.82. The SMILES string of the molecule is Cc1ccc(C)c(CC(C)(CNC2CC2)C(C)C)c1. The quantitative estimate of drug-likeness (QED) is 0.805. The molecule has 1 nitrogen and oxygen atoms in total. The largest absolute Gasteiger partial charge is 0.313 e. The molecule has 1 aliphatic carbocycles. The Morgan fingerprint density at radius 1 is 1.26 bits per heavy atom. The van der Waals surface area contributed by atoms with Crippen LogP contribution < -0.4 is 5.32 Å². The van der Waals surface area contributed by atoms with E-state index in [0.717, 1.165) is 12.6 Å². The summed E-state index contributed by atoms with van der Waals surface area (Å²) in [7, 11) is 0. The molecule has 1 saturated carbocycles. The van der Waals surface area contributed by atoms with Gasteiger partial charge in [0.15, 0.2) is 0 Å². The van der Waals surface area contributed by atoms with Gasteiger partial charge in [0.2, 0.25) is 0 Å². The first kappa shape index (κ1) is 14.6. The Bertz CT molecular complexity index is 431. The van der Waals surface area contributed by atoms with Gasteiger partial charge >= 0.3 is 0 Å². The molecule has 0 radical (unpaired) electrons. The molecular formula is C18H29N. The van der Waals surface area contributed by atoms with Crippen LogP contribution in [-0.4, -0.2) is 12.6 Å². The first-order valence-corrected chi connectivity index (χ1v) is 7.70. The minimum Gasteiger partial charge on any atom is -0.313 e. The Morgan fingerprint density at radius 2 is 1.95 bits per heavy atom. The fourth-order valence-electron chi connectivity index (χ4n) is 2.56. The van der Waals surface area contributed by atoms with E-state index in [9.17, 15) is 0 Å². The molecule has 1 aliphatic rings. The molecular weight excluding hydrogens is 230 g/mol. The van der Waals surface area contributed by atoms with Gasteiger partial charge in [0.25, 0.3) is 0 Å². The van der Waals surface area contributed by atoms with Crippen molar-refractivity contribution in [2.45, 2.75) is 59.9 Å². The van der Waals surface area contributed by atoms with Gasteiger partial charge in [-0.15, -0.1) is 0 Å². The van der Waals surface area contributed by atoms with Crippen LogP contribution in [0.15, 0.2) is 18.2 Å². The predicted octanol–water partition coefficient (Wildman–Crippen LogP) is 4.26. The second-order valence-electron chi connectivity index (χ2n) is 7.07. The minimum absolute atomic E-state index is 0.348. The van der Waals surface area contributed by atoms with Crippen LogP contribution in [0.3, 0.4) is 0 Å². The molecule has 2 rings (SSSR count). The van der Waals surface area contributed by atoms with Crippen LogP contribution in [0.5, 0.6) is 0 Å². The summed E-state index contributed by atoms with van der Waals surface area (Å²) in [6, 6.07) is 7.65. The van der Waals surface area contributed by atoms with Crippen LogP contribution in [-0.2, 0) is 6.42 Å². The molecule has 1 heteroatoms. The highest BCUT2D eigenvalue weighted by Crippen LogP contribution is 2.33. The highest BCUT2D eigenvalue weighted by molar-refractivity contribution is 5.31. The van der Waals surface area contributed by atoms with E-state index in [1.54, 1.807) is 0 Å². The molecule has 1 atom stereocenters. The summed E-state index contributed by atoms with van der Waals surface area (Å²) >= 11 is 0. The van der Waals surface area contributed by atoms with E-state index < -0.39 is 0 Å². The van der Waals surface area contributed by atoms with Crippen molar-refractivity contribution in [3.05, 3.63) is 34.9 Å². The van der Waals surface area contributed by atoms with E-state index >= 15 is 0 Å². The fraction of sp³-hybridized carbons (Fsp3) is 0.667. The second-order valence-corrected chi connectivity index (χ2v) is 7.07. The van der Waals surface area contributed by atoms with Crippen molar-refractivity contribution in [3.63, 3.8) is 0 Å². The van der Waals surface area contributed by atoms with Crippen molar-refractivity contribution in [2.75, 3.05) is 6.54 Å². The Morgan fingerprint density at radius 3 is 2.53 bits per heavy atom. The maximum absolute atomic E-state index is 3.73. The van der Waals surface area contributed by atoms with Crippen LogP contribution in [0.25, 0.3) is 0 Å². The Hall–Kier alpha value is -0.820. The molecule has 0 aliphatic heterocycles. The van der Waals surface area contributed by atoms with E-state index in [1.165, 1.54) is 36.0 Å². The molecule has 19 heavy (non-hydrogen) atoms. The molecule has 1 unspecified atom stereocenters. The summed E-state index contributed by atoms with van der Waals surface area (Å²) in [6.07, 6.45) is 3.92. The zero-order chi connectivity index (χ0) is 14.0. The zero-order valence-electron chi connectivity index (χ0n) is 13.2. The van der Waals surface area contributed by atoms with Crippen molar-refractivity contribution in [1.82, 2.24) is 5.32 Å². The average Bonchev–Trinajstić information content (AvgIpc) is 3.15. The third-order valence-electron chi connectivity index (χ3n) is 4.86. The Balaban J connectivity index is 2.11. The van der Waals surface area contributed by atoms with Gasteiger partial charge in [-0.25, -0.2) is 0 Å². The molecule has 0 heterocycles. The molecule has 106 valence electrons. The highest BCUT2D eigenvalue weighted by atomic mass is 15.0. The van der Waals surface area contributed by atoms with E-state index in [1.807, 2.05) is 0 Å². The molecule has 1 fully saturated rings. The lowest BCUT2D eigenvalue weighted by molar-refractivity contribution is 0.206. The summed E-state index contributed by atoms with van der Waals surface area (Å²) in [5.74, 6) is 0.693. The number of benzene rings is 1. The smallest absolute Gasteiger partial charge is 0.00684 e. The van der Waals surface area contributed by atoms with Crippen molar-refractivity contribution in [1.29, 1.82) is 0 Å². The molecule has 1 N–H and O–H groups in total. The van der Waals surface area contributed by atoms with E-state index in [-0.39, 0.29) is 0 Å². The summed E-state index contributed by atoms with van der Waals surface area (Å²) in [5.41, 5.74) is 4.68. The normalized spacial score (nSPS) is 18.6. The standard InChI is InChI=1S/C18H29N/c1-13(2)18(5,12-19-17-8-9-17)11-16-10-14(3)6-7-15(16)4/h6-7,10,13,17,19H,8-9,11-12H2,1-5H3. The topological polar surface area (TPSA) is 12.0 Å². The van der Waals surface area contributed by atoms with Crippen LogP contribution in [0, 0.1) is 25.2 Å². The van der Waals surface area contributed by atoms with Crippen molar-refractivity contribution in [3.8, 4) is 0 Å². The Kier molecular flexibility index (Phi) is 4.35. The highest BCUT2D eigenvalue weighted by Gasteiger charge is 2.31. The number of rotatable bonds is 6. The Labute approximate surface area is 118 Å². The molecule has 0 amide bonds. The van der Waals surface area contributed by atoms with Crippen LogP contribution in [0.4, 0.5) is 0 Å². The zero-order valence-corrected chi connectivity index (χ0v) is 13.2. The van der Waals surface area contributed by atoms with Gasteiger partial charge in [-0.3, -0.25) is 0 Å². The van der Waals surface area contributed by atoms with Gasteiger partial charge in [-0.1, -0.05) is 44.5 Å².